The van der Waals surface area contributed by atoms with E-state index in [4.69, 9.17) is 0 Å². The molecule has 72 valence electrons. The number of aromatic nitrogens is 3. The first-order valence-electron chi connectivity index (χ1n) is 4.42. The van der Waals surface area contributed by atoms with Gasteiger partial charge in [0.25, 0.3) is 0 Å². The van der Waals surface area contributed by atoms with E-state index in [1.54, 1.807) is 12.4 Å². The largest absolute Gasteiger partial charge is 0.324 e. The second kappa shape index (κ2) is 3.49. The molecule has 14 heavy (non-hydrogen) atoms. The van der Waals surface area contributed by atoms with Crippen LogP contribution < -0.4 is 5.32 Å². The number of aryl methyl sites for hydroxylation is 2. The van der Waals surface area contributed by atoms with Crippen LogP contribution >= 0.6 is 0 Å². The zero-order chi connectivity index (χ0) is 9.97. The van der Waals surface area contributed by atoms with E-state index in [0.29, 0.717) is 0 Å². The third-order valence-corrected chi connectivity index (χ3v) is 1.95. The number of rotatable bonds is 2. The van der Waals surface area contributed by atoms with E-state index < -0.39 is 0 Å². The van der Waals surface area contributed by atoms with Gasteiger partial charge in [-0.25, -0.2) is 4.98 Å². The number of imidazole rings is 1. The van der Waals surface area contributed by atoms with E-state index in [1.165, 1.54) is 0 Å². The SMILES string of the molecule is Cc1cncc(Nc2nccn2C)c1. The summed E-state index contributed by atoms with van der Waals surface area (Å²) >= 11 is 0. The summed E-state index contributed by atoms with van der Waals surface area (Å²) in [5.74, 6) is 0.817. The summed E-state index contributed by atoms with van der Waals surface area (Å²) in [6.45, 7) is 2.01. The van der Waals surface area contributed by atoms with Gasteiger partial charge in [0.2, 0.25) is 5.95 Å². The molecule has 0 bridgehead atoms. The van der Waals surface area contributed by atoms with E-state index in [-0.39, 0.29) is 0 Å². The molecule has 0 saturated carbocycles. The average molecular weight is 188 g/mol. The monoisotopic (exact) mass is 188 g/mol. The topological polar surface area (TPSA) is 42.7 Å². The maximum Gasteiger partial charge on any atom is 0.207 e. The third kappa shape index (κ3) is 1.74. The van der Waals surface area contributed by atoms with Gasteiger partial charge in [-0.3, -0.25) is 4.98 Å². The van der Waals surface area contributed by atoms with Crippen LogP contribution in [0.2, 0.25) is 0 Å². The highest BCUT2D eigenvalue weighted by molar-refractivity contribution is 5.52. The Bertz CT molecular complexity index is 433. The van der Waals surface area contributed by atoms with Crippen LogP contribution in [0.15, 0.2) is 30.9 Å². The summed E-state index contributed by atoms with van der Waals surface area (Å²) in [4.78, 5) is 8.26. The fourth-order valence-electron chi connectivity index (χ4n) is 1.24. The Kier molecular flexibility index (Phi) is 2.18. The maximum atomic E-state index is 4.16. The molecule has 0 aromatic carbocycles. The molecule has 4 heteroatoms. The number of hydrogen-bond acceptors (Lipinski definition) is 3. The van der Waals surface area contributed by atoms with Crippen LogP contribution in [0.1, 0.15) is 5.56 Å². The van der Waals surface area contributed by atoms with Crippen LogP contribution in [0, 0.1) is 6.92 Å². The van der Waals surface area contributed by atoms with Crippen molar-refractivity contribution in [3.63, 3.8) is 0 Å². The average Bonchev–Trinajstić information content (AvgIpc) is 2.52. The van der Waals surface area contributed by atoms with Crippen molar-refractivity contribution in [2.45, 2.75) is 6.92 Å². The summed E-state index contributed by atoms with van der Waals surface area (Å²) in [5, 5.41) is 3.18. The van der Waals surface area contributed by atoms with Gasteiger partial charge in [0.15, 0.2) is 0 Å². The zero-order valence-corrected chi connectivity index (χ0v) is 8.23. The second-order valence-corrected chi connectivity index (χ2v) is 3.24. The molecule has 2 aromatic rings. The molecule has 2 heterocycles. The summed E-state index contributed by atoms with van der Waals surface area (Å²) in [7, 11) is 1.94. The summed E-state index contributed by atoms with van der Waals surface area (Å²) < 4.78 is 1.92. The molecular formula is C10H12N4. The minimum absolute atomic E-state index is 0.817. The van der Waals surface area contributed by atoms with E-state index in [2.05, 4.69) is 15.3 Å². The van der Waals surface area contributed by atoms with Gasteiger partial charge in [-0.05, 0) is 18.6 Å². The van der Waals surface area contributed by atoms with E-state index in [0.717, 1.165) is 17.2 Å². The van der Waals surface area contributed by atoms with Gasteiger partial charge in [-0.15, -0.1) is 0 Å². The molecular weight excluding hydrogens is 176 g/mol. The minimum Gasteiger partial charge on any atom is -0.324 e. The van der Waals surface area contributed by atoms with Gasteiger partial charge in [0.1, 0.15) is 0 Å². The van der Waals surface area contributed by atoms with Crippen molar-refractivity contribution in [1.29, 1.82) is 0 Å². The molecule has 0 saturated heterocycles. The highest BCUT2D eigenvalue weighted by atomic mass is 15.2. The Balaban J connectivity index is 2.23. The van der Waals surface area contributed by atoms with Gasteiger partial charge in [-0.1, -0.05) is 0 Å². The Morgan fingerprint density at radius 2 is 2.21 bits per heavy atom. The van der Waals surface area contributed by atoms with E-state index in [1.807, 2.05) is 37.0 Å². The van der Waals surface area contributed by atoms with Crippen LogP contribution in [-0.2, 0) is 7.05 Å². The van der Waals surface area contributed by atoms with Crippen molar-refractivity contribution < 1.29 is 0 Å². The van der Waals surface area contributed by atoms with Crippen molar-refractivity contribution in [3.05, 3.63) is 36.4 Å². The smallest absolute Gasteiger partial charge is 0.207 e. The fourth-order valence-corrected chi connectivity index (χ4v) is 1.24. The quantitative estimate of drug-likeness (QED) is 0.782. The lowest BCUT2D eigenvalue weighted by molar-refractivity contribution is 0.924. The van der Waals surface area contributed by atoms with Gasteiger partial charge in [0.05, 0.1) is 11.9 Å². The zero-order valence-electron chi connectivity index (χ0n) is 8.23. The van der Waals surface area contributed by atoms with Crippen molar-refractivity contribution >= 4 is 11.6 Å². The molecule has 0 amide bonds. The number of nitrogens with zero attached hydrogens (tertiary/aromatic N) is 3. The summed E-state index contributed by atoms with van der Waals surface area (Å²) in [6, 6.07) is 2.03. The van der Waals surface area contributed by atoms with Crippen LogP contribution in [0.3, 0.4) is 0 Å². The van der Waals surface area contributed by atoms with Crippen molar-refractivity contribution in [3.8, 4) is 0 Å². The fraction of sp³-hybridized carbons (Fsp3) is 0.200. The molecule has 2 aromatic heterocycles. The number of hydrogen-bond donors (Lipinski definition) is 1. The lowest BCUT2D eigenvalue weighted by atomic mass is 10.3. The molecule has 0 aliphatic heterocycles. The third-order valence-electron chi connectivity index (χ3n) is 1.95. The molecule has 2 rings (SSSR count). The Hall–Kier alpha value is -1.84. The van der Waals surface area contributed by atoms with Crippen LogP contribution in [0.4, 0.5) is 11.6 Å². The van der Waals surface area contributed by atoms with Crippen LogP contribution in [0.25, 0.3) is 0 Å². The molecule has 0 radical (unpaired) electrons. The predicted molar refractivity (Wildman–Crippen MR) is 55.5 cm³/mol. The second-order valence-electron chi connectivity index (χ2n) is 3.24. The molecule has 0 spiro atoms. The molecule has 4 nitrogen and oxygen atoms in total. The lowest BCUT2D eigenvalue weighted by Gasteiger charge is -2.05. The van der Waals surface area contributed by atoms with Crippen molar-refractivity contribution in [1.82, 2.24) is 14.5 Å². The Morgan fingerprint density at radius 3 is 2.86 bits per heavy atom. The first-order valence-corrected chi connectivity index (χ1v) is 4.42. The molecule has 0 atom stereocenters. The highest BCUT2D eigenvalue weighted by Crippen LogP contribution is 2.13. The summed E-state index contributed by atoms with van der Waals surface area (Å²) in [6.07, 6.45) is 7.25. The Morgan fingerprint density at radius 1 is 1.36 bits per heavy atom. The Labute approximate surface area is 82.6 Å². The highest BCUT2D eigenvalue weighted by Gasteiger charge is 1.99. The van der Waals surface area contributed by atoms with Crippen LogP contribution in [0.5, 0.6) is 0 Å². The maximum absolute atomic E-state index is 4.16. The number of pyridine rings is 1. The van der Waals surface area contributed by atoms with E-state index in [9.17, 15) is 0 Å². The lowest BCUT2D eigenvalue weighted by Crippen LogP contribution is -1.98. The van der Waals surface area contributed by atoms with Gasteiger partial charge < -0.3 is 9.88 Å². The van der Waals surface area contributed by atoms with Crippen LogP contribution in [-0.4, -0.2) is 14.5 Å². The molecule has 1 N–H and O–H groups in total. The first-order chi connectivity index (χ1) is 6.75. The van der Waals surface area contributed by atoms with Gasteiger partial charge in [-0.2, -0.15) is 0 Å². The molecule has 0 fully saturated rings. The normalized spacial score (nSPS) is 10.1. The summed E-state index contributed by atoms with van der Waals surface area (Å²) in [5.41, 5.74) is 2.09. The predicted octanol–water partition coefficient (Wildman–Crippen LogP) is 1.87. The molecule has 0 aliphatic rings. The van der Waals surface area contributed by atoms with Gasteiger partial charge >= 0.3 is 0 Å². The standard InChI is InChI=1S/C10H12N4/c1-8-5-9(7-11-6-8)13-10-12-3-4-14(10)2/h3-7H,1-2H3,(H,12,13). The van der Waals surface area contributed by atoms with E-state index >= 15 is 0 Å². The molecule has 0 unspecified atom stereocenters. The van der Waals surface area contributed by atoms with Crippen molar-refractivity contribution in [2.75, 3.05) is 5.32 Å². The van der Waals surface area contributed by atoms with Gasteiger partial charge in [0, 0.05) is 25.6 Å². The first kappa shape index (κ1) is 8.74. The number of nitrogens with one attached hydrogen (secondary N) is 1. The number of anilines is 2. The van der Waals surface area contributed by atoms with Crippen molar-refractivity contribution in [2.24, 2.45) is 7.05 Å². The molecule has 0 aliphatic carbocycles. The minimum atomic E-state index is 0.817.